The number of rotatable bonds is 5. The predicted octanol–water partition coefficient (Wildman–Crippen LogP) is -0.0558. The third-order valence-electron chi connectivity index (χ3n) is 3.33. The van der Waals surface area contributed by atoms with E-state index in [0.717, 1.165) is 25.9 Å². The topological polar surface area (TPSA) is 100 Å². The Kier molecular flexibility index (Phi) is 4.54. The monoisotopic (exact) mass is 279 g/mol. The molecule has 1 amide bonds. The Hall–Kier alpha value is -2.12. The van der Waals surface area contributed by atoms with Gasteiger partial charge in [-0.25, -0.2) is 0 Å². The molecule has 0 saturated carbocycles. The highest BCUT2D eigenvalue weighted by atomic mass is 16.2. The van der Waals surface area contributed by atoms with Crippen molar-refractivity contribution in [2.75, 3.05) is 49.2 Å². The largest absolute Gasteiger partial charge is 0.368 e. The third-order valence-corrected chi connectivity index (χ3v) is 3.33. The average molecular weight is 279 g/mol. The zero-order chi connectivity index (χ0) is 14.5. The molecule has 0 aliphatic carbocycles. The van der Waals surface area contributed by atoms with Crippen LogP contribution in [0.25, 0.3) is 0 Å². The van der Waals surface area contributed by atoms with Crippen LogP contribution < -0.4 is 16.0 Å². The van der Waals surface area contributed by atoms with Gasteiger partial charge in [0.1, 0.15) is 0 Å². The van der Waals surface area contributed by atoms with Crippen LogP contribution in [0.3, 0.4) is 0 Å². The van der Waals surface area contributed by atoms with Crippen molar-refractivity contribution in [2.24, 2.45) is 0 Å². The lowest BCUT2D eigenvalue weighted by Gasteiger charge is -2.17. The number of nitrogens with two attached hydrogens (primary N) is 1. The molecule has 0 radical (unpaired) electrons. The first-order valence-corrected chi connectivity index (χ1v) is 6.84. The lowest BCUT2D eigenvalue weighted by Crippen LogP contribution is -2.32. The molecule has 20 heavy (non-hydrogen) atoms. The number of aromatic nitrogens is 3. The molecule has 1 aliphatic heterocycles. The van der Waals surface area contributed by atoms with Crippen LogP contribution in [-0.4, -0.2) is 59.0 Å². The summed E-state index contributed by atoms with van der Waals surface area (Å²) in [5, 5.41) is 2.90. The number of likely N-dealkylation sites (N-methyl/N-ethyl adjacent to an activating group) is 1. The highest BCUT2D eigenvalue weighted by Crippen LogP contribution is 2.17. The Bertz CT molecular complexity index is 473. The van der Waals surface area contributed by atoms with E-state index in [1.165, 1.54) is 0 Å². The smallest absolute Gasteiger partial charge is 0.241 e. The number of nitrogens with zero attached hydrogens (tertiary/aromatic N) is 5. The number of nitrogen functional groups attached to an aromatic ring is 1. The number of carbonyl (C=O) groups is 1. The molecule has 0 unspecified atom stereocenters. The number of anilines is 3. The molecule has 110 valence electrons. The Balaban J connectivity index is 2.02. The van der Waals surface area contributed by atoms with Gasteiger partial charge in [0.2, 0.25) is 23.8 Å². The van der Waals surface area contributed by atoms with Crippen LogP contribution in [-0.2, 0) is 4.79 Å². The normalized spacial score (nSPS) is 14.4. The fourth-order valence-corrected chi connectivity index (χ4v) is 1.98. The second-order valence-electron chi connectivity index (χ2n) is 4.77. The molecule has 8 nitrogen and oxygen atoms in total. The van der Waals surface area contributed by atoms with Gasteiger partial charge in [-0.3, -0.25) is 4.79 Å². The van der Waals surface area contributed by atoms with Gasteiger partial charge in [0.15, 0.2) is 0 Å². The van der Waals surface area contributed by atoms with Gasteiger partial charge < -0.3 is 20.9 Å². The summed E-state index contributed by atoms with van der Waals surface area (Å²) in [7, 11) is 1.75. The maximum atomic E-state index is 11.7. The maximum absolute atomic E-state index is 11.7. The Labute approximate surface area is 118 Å². The number of hydrogen-bond acceptors (Lipinski definition) is 7. The average Bonchev–Trinajstić information content (AvgIpc) is 2.97. The van der Waals surface area contributed by atoms with Crippen LogP contribution in [0.5, 0.6) is 0 Å². The minimum Gasteiger partial charge on any atom is -0.368 e. The van der Waals surface area contributed by atoms with E-state index in [1.54, 1.807) is 11.9 Å². The fourth-order valence-electron chi connectivity index (χ4n) is 1.98. The number of hydrogen-bond donors (Lipinski definition) is 2. The van der Waals surface area contributed by atoms with Crippen molar-refractivity contribution in [3.63, 3.8) is 0 Å². The number of carbonyl (C=O) groups excluding carboxylic acids is 1. The second-order valence-corrected chi connectivity index (χ2v) is 4.77. The molecule has 2 heterocycles. The standard InChI is InChI=1S/C12H21N7O/c1-3-18(2)9(20)8-14-11-15-10(13)16-12(17-11)19-6-4-5-7-19/h3-8H2,1-2H3,(H3,13,14,15,16,17). The minimum atomic E-state index is -0.0193. The lowest BCUT2D eigenvalue weighted by atomic mass is 10.4. The van der Waals surface area contributed by atoms with E-state index in [4.69, 9.17) is 5.73 Å². The molecule has 0 aromatic carbocycles. The van der Waals surface area contributed by atoms with Gasteiger partial charge in [-0.1, -0.05) is 0 Å². The summed E-state index contributed by atoms with van der Waals surface area (Å²) in [5.41, 5.74) is 5.70. The zero-order valence-corrected chi connectivity index (χ0v) is 12.0. The summed E-state index contributed by atoms with van der Waals surface area (Å²) >= 11 is 0. The molecule has 8 heteroatoms. The van der Waals surface area contributed by atoms with E-state index < -0.39 is 0 Å². The first-order chi connectivity index (χ1) is 9.60. The number of nitrogens with one attached hydrogen (secondary N) is 1. The van der Waals surface area contributed by atoms with Crippen LogP contribution >= 0.6 is 0 Å². The highest BCUT2D eigenvalue weighted by molar-refractivity contribution is 5.80. The van der Waals surface area contributed by atoms with Gasteiger partial charge in [0.05, 0.1) is 6.54 Å². The minimum absolute atomic E-state index is 0.0193. The summed E-state index contributed by atoms with van der Waals surface area (Å²) in [5.74, 6) is 1.07. The van der Waals surface area contributed by atoms with Crippen molar-refractivity contribution >= 4 is 23.8 Å². The van der Waals surface area contributed by atoms with Crippen molar-refractivity contribution in [3.05, 3.63) is 0 Å². The maximum Gasteiger partial charge on any atom is 0.241 e. The summed E-state index contributed by atoms with van der Waals surface area (Å²) in [6.45, 7) is 4.59. The Morgan fingerprint density at radius 2 is 2.05 bits per heavy atom. The lowest BCUT2D eigenvalue weighted by molar-refractivity contribution is -0.127. The zero-order valence-electron chi connectivity index (χ0n) is 12.0. The Morgan fingerprint density at radius 1 is 1.35 bits per heavy atom. The molecule has 3 N–H and O–H groups in total. The molecule has 1 aromatic rings. The van der Waals surface area contributed by atoms with Gasteiger partial charge in [-0.2, -0.15) is 15.0 Å². The van der Waals surface area contributed by atoms with Crippen molar-refractivity contribution in [1.82, 2.24) is 19.9 Å². The first-order valence-electron chi connectivity index (χ1n) is 6.84. The van der Waals surface area contributed by atoms with E-state index >= 15 is 0 Å². The molecule has 0 spiro atoms. The van der Waals surface area contributed by atoms with Crippen molar-refractivity contribution in [2.45, 2.75) is 19.8 Å². The molecule has 1 fully saturated rings. The molecule has 0 bridgehead atoms. The molecule has 0 atom stereocenters. The molecular weight excluding hydrogens is 258 g/mol. The van der Waals surface area contributed by atoms with Gasteiger partial charge in [-0.05, 0) is 19.8 Å². The van der Waals surface area contributed by atoms with Gasteiger partial charge in [-0.15, -0.1) is 0 Å². The van der Waals surface area contributed by atoms with Crippen molar-refractivity contribution in [1.29, 1.82) is 0 Å². The van der Waals surface area contributed by atoms with Crippen molar-refractivity contribution in [3.8, 4) is 0 Å². The quantitative estimate of drug-likeness (QED) is 0.779. The van der Waals surface area contributed by atoms with E-state index in [1.807, 2.05) is 6.92 Å². The SMILES string of the molecule is CCN(C)C(=O)CNc1nc(N)nc(N2CCCC2)n1. The van der Waals surface area contributed by atoms with Crippen LogP contribution in [0.1, 0.15) is 19.8 Å². The summed E-state index contributed by atoms with van der Waals surface area (Å²) in [6.07, 6.45) is 2.27. The van der Waals surface area contributed by atoms with E-state index in [0.29, 0.717) is 18.4 Å². The molecule has 1 saturated heterocycles. The van der Waals surface area contributed by atoms with Crippen LogP contribution in [0, 0.1) is 0 Å². The van der Waals surface area contributed by atoms with Gasteiger partial charge in [0, 0.05) is 26.7 Å². The van der Waals surface area contributed by atoms with Crippen LogP contribution in [0.4, 0.5) is 17.8 Å². The molecule has 1 aromatic heterocycles. The van der Waals surface area contributed by atoms with E-state index in [9.17, 15) is 4.79 Å². The van der Waals surface area contributed by atoms with Crippen molar-refractivity contribution < 1.29 is 4.79 Å². The van der Waals surface area contributed by atoms with Crippen LogP contribution in [0.15, 0.2) is 0 Å². The van der Waals surface area contributed by atoms with E-state index in [-0.39, 0.29) is 18.4 Å². The van der Waals surface area contributed by atoms with E-state index in [2.05, 4.69) is 25.2 Å². The number of amides is 1. The molecule has 1 aliphatic rings. The first kappa shape index (κ1) is 14.3. The fraction of sp³-hybridized carbons (Fsp3) is 0.667. The second kappa shape index (κ2) is 6.36. The summed E-state index contributed by atoms with van der Waals surface area (Å²) in [4.78, 5) is 27.9. The van der Waals surface area contributed by atoms with Gasteiger partial charge >= 0.3 is 0 Å². The summed E-state index contributed by atoms with van der Waals surface area (Å²) < 4.78 is 0. The predicted molar refractivity (Wildman–Crippen MR) is 77.5 cm³/mol. The molecule has 2 rings (SSSR count). The third kappa shape index (κ3) is 3.46. The summed E-state index contributed by atoms with van der Waals surface area (Å²) in [6, 6.07) is 0. The highest BCUT2D eigenvalue weighted by Gasteiger charge is 2.17. The Morgan fingerprint density at radius 3 is 2.70 bits per heavy atom. The van der Waals surface area contributed by atoms with Gasteiger partial charge in [0.25, 0.3) is 0 Å². The van der Waals surface area contributed by atoms with Crippen LogP contribution in [0.2, 0.25) is 0 Å². The molecular formula is C12H21N7O.